The van der Waals surface area contributed by atoms with Gasteiger partial charge in [0.25, 0.3) is 0 Å². The summed E-state index contributed by atoms with van der Waals surface area (Å²) in [6.07, 6.45) is 6.78. The molecule has 1 unspecified atom stereocenters. The third kappa shape index (κ3) is 5.36. The van der Waals surface area contributed by atoms with Crippen molar-refractivity contribution >= 4 is 23.7 Å². The third-order valence-corrected chi connectivity index (χ3v) is 4.78. The van der Waals surface area contributed by atoms with Gasteiger partial charge in [0.1, 0.15) is 5.75 Å². The van der Waals surface area contributed by atoms with Gasteiger partial charge in [0, 0.05) is 12.0 Å². The Labute approximate surface area is 175 Å². The molecule has 0 spiro atoms. The highest BCUT2D eigenvalue weighted by Gasteiger charge is 2.23. The molecule has 1 atom stereocenters. The zero-order chi connectivity index (χ0) is 21.5. The molecule has 0 radical (unpaired) electrons. The summed E-state index contributed by atoms with van der Waals surface area (Å²) in [5, 5.41) is 9.59. The Morgan fingerprint density at radius 2 is 1.57 bits per heavy atom. The number of hydrogen-bond donors (Lipinski definition) is 1. The fourth-order valence-electron chi connectivity index (χ4n) is 3.04. The molecule has 0 aromatic heterocycles. The molecule has 0 bridgehead atoms. The molecule has 1 saturated heterocycles. The first kappa shape index (κ1) is 21.3. The van der Waals surface area contributed by atoms with Crippen LogP contribution in [0, 0.1) is 0 Å². The number of hydrogen-bond acceptors (Lipinski definition) is 6. The average molecular weight is 408 g/mol. The minimum absolute atomic E-state index is 0.0196. The Morgan fingerprint density at radius 3 is 2.10 bits per heavy atom. The number of phenolic OH excluding ortho intramolecular Hbond substituents is 1. The van der Waals surface area contributed by atoms with Crippen molar-refractivity contribution in [3.05, 3.63) is 65.2 Å². The normalized spacial score (nSPS) is 15.9. The third-order valence-electron chi connectivity index (χ3n) is 4.78. The minimum atomic E-state index is -0.313. The molecule has 0 saturated carbocycles. The number of ether oxygens (including phenoxy) is 3. The lowest BCUT2D eigenvalue weighted by molar-refractivity contribution is -0.121. The molecule has 6 heteroatoms. The van der Waals surface area contributed by atoms with E-state index in [1.54, 1.807) is 31.4 Å². The van der Waals surface area contributed by atoms with Gasteiger partial charge in [-0.15, -0.1) is 0 Å². The van der Waals surface area contributed by atoms with Gasteiger partial charge in [-0.2, -0.15) is 0 Å². The van der Waals surface area contributed by atoms with E-state index in [0.29, 0.717) is 11.3 Å². The van der Waals surface area contributed by atoms with Crippen LogP contribution in [0.15, 0.2) is 48.6 Å². The Hall–Kier alpha value is -3.38. The molecule has 0 amide bonds. The number of benzene rings is 2. The van der Waals surface area contributed by atoms with E-state index in [4.69, 9.17) is 14.2 Å². The number of rotatable bonds is 9. The fourth-order valence-corrected chi connectivity index (χ4v) is 3.04. The van der Waals surface area contributed by atoms with Crippen molar-refractivity contribution < 1.29 is 28.9 Å². The first-order valence-corrected chi connectivity index (χ1v) is 9.58. The summed E-state index contributed by atoms with van der Waals surface area (Å²) in [5.41, 5.74) is 2.49. The number of methoxy groups -OCH3 is 2. The lowest BCUT2D eigenvalue weighted by Gasteiger charge is -2.28. The summed E-state index contributed by atoms with van der Waals surface area (Å²) in [6, 6.07) is 10.4. The molecule has 2 aromatic rings. The van der Waals surface area contributed by atoms with Gasteiger partial charge in [-0.3, -0.25) is 9.59 Å². The predicted octanol–water partition coefficient (Wildman–Crippen LogP) is 4.13. The van der Waals surface area contributed by atoms with E-state index >= 15 is 0 Å². The molecule has 30 heavy (non-hydrogen) atoms. The largest absolute Gasteiger partial charge is 0.504 e. The highest BCUT2D eigenvalue weighted by atomic mass is 16.5. The van der Waals surface area contributed by atoms with Crippen LogP contribution in [0.25, 0.3) is 12.2 Å². The van der Waals surface area contributed by atoms with E-state index in [-0.39, 0.29) is 29.8 Å². The maximum Gasteiger partial charge on any atom is 0.163 e. The lowest BCUT2D eigenvalue weighted by Crippen LogP contribution is -2.18. The molecule has 1 aliphatic heterocycles. The number of allylic oxidation sites excluding steroid dienone is 2. The Morgan fingerprint density at radius 1 is 1.00 bits per heavy atom. The summed E-state index contributed by atoms with van der Waals surface area (Å²) in [7, 11) is 3.05. The smallest absolute Gasteiger partial charge is 0.163 e. The highest BCUT2D eigenvalue weighted by Crippen LogP contribution is 2.36. The molecule has 1 N–H and O–H groups in total. The van der Waals surface area contributed by atoms with Crippen LogP contribution < -0.4 is 9.47 Å². The van der Waals surface area contributed by atoms with Gasteiger partial charge in [-0.25, -0.2) is 0 Å². The summed E-state index contributed by atoms with van der Waals surface area (Å²) in [6.45, 7) is 0.757. The zero-order valence-corrected chi connectivity index (χ0v) is 17.0. The monoisotopic (exact) mass is 408 g/mol. The summed E-state index contributed by atoms with van der Waals surface area (Å²) < 4.78 is 16.0. The maximum absolute atomic E-state index is 12.1. The number of aromatic hydroxyl groups is 1. The standard InChI is InChI=1S/C24H24O6/c1-28-23-13-16(5-9-20(23)22-11-12-30-22)3-7-18(25)15-19(26)8-4-17-6-10-21(27)24(14-17)29-2/h3-10,13-14,22,27H,11-12,15H2,1-2H3/b7-3+,8-4+. The Balaban J connectivity index is 1.58. The topological polar surface area (TPSA) is 82.1 Å². The van der Waals surface area contributed by atoms with E-state index < -0.39 is 0 Å². The summed E-state index contributed by atoms with van der Waals surface area (Å²) in [4.78, 5) is 24.2. The van der Waals surface area contributed by atoms with Crippen LogP contribution in [-0.4, -0.2) is 37.5 Å². The van der Waals surface area contributed by atoms with Crippen molar-refractivity contribution in [3.63, 3.8) is 0 Å². The fraction of sp³-hybridized carbons (Fsp3) is 0.250. The number of carbonyl (C=O) groups is 2. The molecule has 2 aromatic carbocycles. The van der Waals surface area contributed by atoms with Crippen LogP contribution in [0.2, 0.25) is 0 Å². The van der Waals surface area contributed by atoms with Crippen LogP contribution in [0.3, 0.4) is 0 Å². The molecule has 0 aliphatic carbocycles. The highest BCUT2D eigenvalue weighted by molar-refractivity contribution is 6.10. The van der Waals surface area contributed by atoms with Crippen LogP contribution in [-0.2, 0) is 14.3 Å². The maximum atomic E-state index is 12.1. The van der Waals surface area contributed by atoms with Crippen molar-refractivity contribution in [2.24, 2.45) is 0 Å². The van der Waals surface area contributed by atoms with Crippen molar-refractivity contribution in [1.29, 1.82) is 0 Å². The molecule has 156 valence electrons. The van der Waals surface area contributed by atoms with Gasteiger partial charge in [0.15, 0.2) is 23.1 Å². The molecule has 1 fully saturated rings. The second kappa shape index (κ2) is 9.89. The molecular weight excluding hydrogens is 384 g/mol. The van der Waals surface area contributed by atoms with Gasteiger partial charge in [0.05, 0.1) is 33.4 Å². The first-order chi connectivity index (χ1) is 14.5. The zero-order valence-electron chi connectivity index (χ0n) is 17.0. The molecule has 3 rings (SSSR count). The van der Waals surface area contributed by atoms with E-state index in [0.717, 1.165) is 29.9 Å². The molecule has 6 nitrogen and oxygen atoms in total. The number of phenols is 1. The van der Waals surface area contributed by atoms with Crippen LogP contribution >= 0.6 is 0 Å². The van der Waals surface area contributed by atoms with Gasteiger partial charge >= 0.3 is 0 Å². The van der Waals surface area contributed by atoms with E-state index in [9.17, 15) is 14.7 Å². The van der Waals surface area contributed by atoms with E-state index in [1.165, 1.54) is 25.3 Å². The second-order valence-corrected chi connectivity index (χ2v) is 6.86. The van der Waals surface area contributed by atoms with Crippen molar-refractivity contribution in [3.8, 4) is 17.2 Å². The van der Waals surface area contributed by atoms with Crippen LogP contribution in [0.4, 0.5) is 0 Å². The predicted molar refractivity (Wildman–Crippen MR) is 114 cm³/mol. The number of carbonyl (C=O) groups excluding carboxylic acids is 2. The average Bonchev–Trinajstić information content (AvgIpc) is 2.71. The van der Waals surface area contributed by atoms with E-state index in [2.05, 4.69) is 0 Å². The van der Waals surface area contributed by atoms with Crippen molar-refractivity contribution in [2.45, 2.75) is 18.9 Å². The Kier molecular flexibility index (Phi) is 7.03. The van der Waals surface area contributed by atoms with Crippen LogP contribution in [0.5, 0.6) is 17.2 Å². The van der Waals surface area contributed by atoms with Gasteiger partial charge < -0.3 is 19.3 Å². The van der Waals surface area contributed by atoms with Crippen molar-refractivity contribution in [2.75, 3.05) is 20.8 Å². The first-order valence-electron chi connectivity index (χ1n) is 9.58. The summed E-state index contributed by atoms with van der Waals surface area (Å²) >= 11 is 0. The second-order valence-electron chi connectivity index (χ2n) is 6.86. The van der Waals surface area contributed by atoms with Crippen molar-refractivity contribution in [1.82, 2.24) is 0 Å². The Bertz CT molecular complexity index is 985. The summed E-state index contributed by atoms with van der Waals surface area (Å²) in [5.74, 6) is 0.447. The molecule has 1 heterocycles. The molecule has 1 aliphatic rings. The lowest BCUT2D eigenvalue weighted by atomic mass is 10.00. The minimum Gasteiger partial charge on any atom is -0.504 e. The van der Waals surface area contributed by atoms with Crippen LogP contribution in [0.1, 0.15) is 35.6 Å². The molecular formula is C24H24O6. The van der Waals surface area contributed by atoms with Gasteiger partial charge in [0.2, 0.25) is 0 Å². The SMILES string of the molecule is COc1cc(/C=C/C(=O)CC(=O)/C=C/c2ccc(C3CCO3)c(OC)c2)ccc1O. The van der Waals surface area contributed by atoms with E-state index in [1.807, 2.05) is 18.2 Å². The van der Waals surface area contributed by atoms with Gasteiger partial charge in [-0.1, -0.05) is 30.4 Å². The quantitative estimate of drug-likeness (QED) is 0.496. The number of ketones is 2. The van der Waals surface area contributed by atoms with Gasteiger partial charge in [-0.05, 0) is 41.5 Å².